The molecule has 0 saturated carbocycles. The first-order valence-electron chi connectivity index (χ1n) is 7.72. The minimum Gasteiger partial charge on any atom is -0.297 e. The number of amides is 2. The molecule has 0 radical (unpaired) electrons. The Morgan fingerprint density at radius 3 is 2.68 bits per heavy atom. The molecule has 2 amide bonds. The summed E-state index contributed by atoms with van der Waals surface area (Å²) in [6.07, 6.45) is 0.510. The lowest BCUT2D eigenvalue weighted by atomic mass is 10.1. The van der Waals surface area contributed by atoms with E-state index in [-0.39, 0.29) is 30.2 Å². The van der Waals surface area contributed by atoms with Crippen LogP contribution in [0.3, 0.4) is 0 Å². The number of nitrogens with zero attached hydrogens (tertiary/aromatic N) is 3. The summed E-state index contributed by atoms with van der Waals surface area (Å²) in [6.45, 7) is 1.74. The van der Waals surface area contributed by atoms with E-state index in [4.69, 9.17) is 0 Å². The third kappa shape index (κ3) is 4.16. The largest absolute Gasteiger partial charge is 0.297 e. The van der Waals surface area contributed by atoms with Gasteiger partial charge >= 0.3 is 0 Å². The molecular formula is C17H16N4O3S. The molecule has 8 heteroatoms. The highest BCUT2D eigenvalue weighted by Gasteiger charge is 2.25. The molecule has 0 bridgehead atoms. The minimum absolute atomic E-state index is 0.117. The first-order chi connectivity index (χ1) is 12.0. The number of ketones is 1. The highest BCUT2D eigenvalue weighted by atomic mass is 32.1. The number of hydrogen-bond donors (Lipinski definition) is 1. The fraction of sp³-hybridized carbons (Fsp3) is 0.235. The number of hydrogen-bond acceptors (Lipinski definition) is 6. The topological polar surface area (TPSA) is 91.7 Å². The number of rotatable bonds is 5. The van der Waals surface area contributed by atoms with Crippen molar-refractivity contribution in [2.24, 2.45) is 5.10 Å². The lowest BCUT2D eigenvalue weighted by Gasteiger charge is -2.23. The number of carbonyl (C=O) groups excluding carboxylic acids is 3. The average Bonchev–Trinajstić information content (AvgIpc) is 3.06. The summed E-state index contributed by atoms with van der Waals surface area (Å²) < 4.78 is 0. The molecule has 0 saturated heterocycles. The Balaban J connectivity index is 1.71. The Labute approximate surface area is 148 Å². The Morgan fingerprint density at radius 1 is 1.24 bits per heavy atom. The van der Waals surface area contributed by atoms with Crippen LogP contribution in [0.4, 0.5) is 5.13 Å². The van der Waals surface area contributed by atoms with Crippen LogP contribution < -0.4 is 5.32 Å². The molecule has 0 atom stereocenters. The highest BCUT2D eigenvalue weighted by Crippen LogP contribution is 2.18. The Hall–Kier alpha value is -2.87. The standard InChI is InChI=1S/C17H16N4O3S/c1-11(22)14-10-25-17(18-14)19-16(24)13-7-8-15(23)21(20-13)9-12-5-3-2-4-6-12/h2-6,10H,7-9H2,1H3,(H,18,19,24). The van der Waals surface area contributed by atoms with Crippen molar-refractivity contribution in [1.29, 1.82) is 0 Å². The normalized spacial score (nSPS) is 14.2. The summed E-state index contributed by atoms with van der Waals surface area (Å²) in [4.78, 5) is 39.7. The van der Waals surface area contributed by atoms with E-state index in [1.807, 2.05) is 30.3 Å². The van der Waals surface area contributed by atoms with Gasteiger partial charge in [-0.25, -0.2) is 9.99 Å². The van der Waals surface area contributed by atoms with Crippen LogP contribution >= 0.6 is 11.3 Å². The molecule has 2 aromatic rings. The molecule has 0 aliphatic carbocycles. The number of benzene rings is 1. The fourth-order valence-electron chi connectivity index (χ4n) is 2.31. The predicted octanol–water partition coefficient (Wildman–Crippen LogP) is 2.46. The van der Waals surface area contributed by atoms with Crippen molar-refractivity contribution in [3.63, 3.8) is 0 Å². The van der Waals surface area contributed by atoms with Gasteiger partial charge in [0.05, 0.1) is 6.54 Å². The van der Waals surface area contributed by atoms with Crippen molar-refractivity contribution >= 4 is 39.8 Å². The Morgan fingerprint density at radius 2 is 2.00 bits per heavy atom. The number of carbonyl (C=O) groups is 3. The molecule has 1 aliphatic rings. The number of anilines is 1. The van der Waals surface area contributed by atoms with Crippen molar-refractivity contribution in [3.8, 4) is 0 Å². The van der Waals surface area contributed by atoms with Crippen molar-refractivity contribution in [2.45, 2.75) is 26.3 Å². The van der Waals surface area contributed by atoms with Crippen LogP contribution in [0.5, 0.6) is 0 Å². The second-order valence-corrected chi connectivity index (χ2v) is 6.39. The molecule has 2 heterocycles. The molecule has 1 N–H and O–H groups in total. The summed E-state index contributed by atoms with van der Waals surface area (Å²) in [5.74, 6) is -0.685. The minimum atomic E-state index is -0.407. The zero-order valence-corrected chi connectivity index (χ0v) is 14.4. The van der Waals surface area contributed by atoms with E-state index in [1.165, 1.54) is 23.3 Å². The van der Waals surface area contributed by atoms with Gasteiger partial charge in [-0.3, -0.25) is 19.7 Å². The number of nitrogens with one attached hydrogen (secondary N) is 1. The number of thiazole rings is 1. The SMILES string of the molecule is CC(=O)c1csc(NC(=O)C2=NN(Cc3ccccc3)C(=O)CC2)n1. The predicted molar refractivity (Wildman–Crippen MR) is 94.4 cm³/mol. The highest BCUT2D eigenvalue weighted by molar-refractivity contribution is 7.14. The van der Waals surface area contributed by atoms with Gasteiger partial charge in [0, 0.05) is 25.1 Å². The second-order valence-electron chi connectivity index (χ2n) is 5.53. The quantitative estimate of drug-likeness (QED) is 0.833. The third-order valence-corrected chi connectivity index (χ3v) is 4.39. The van der Waals surface area contributed by atoms with Crippen LogP contribution in [0.25, 0.3) is 0 Å². The van der Waals surface area contributed by atoms with Crippen molar-refractivity contribution in [2.75, 3.05) is 5.32 Å². The van der Waals surface area contributed by atoms with Crippen molar-refractivity contribution in [1.82, 2.24) is 9.99 Å². The van der Waals surface area contributed by atoms with Gasteiger partial charge in [0.2, 0.25) is 5.91 Å². The Bertz CT molecular complexity index is 845. The fourth-order valence-corrected chi connectivity index (χ4v) is 3.05. The maximum atomic E-state index is 12.4. The van der Waals surface area contributed by atoms with E-state index in [0.717, 1.165) is 5.56 Å². The molecule has 0 fully saturated rings. The summed E-state index contributed by atoms with van der Waals surface area (Å²) in [6, 6.07) is 9.46. The van der Waals surface area contributed by atoms with Gasteiger partial charge in [0.25, 0.3) is 5.91 Å². The zero-order chi connectivity index (χ0) is 17.8. The summed E-state index contributed by atoms with van der Waals surface area (Å²) in [5, 5.41) is 10.1. The second kappa shape index (κ2) is 7.35. The number of Topliss-reactive ketones (excluding diaryl/α,β-unsaturated/α-hetero) is 1. The van der Waals surface area contributed by atoms with E-state index in [9.17, 15) is 14.4 Å². The van der Waals surface area contributed by atoms with Crippen LogP contribution in [0.2, 0.25) is 0 Å². The monoisotopic (exact) mass is 356 g/mol. The average molecular weight is 356 g/mol. The summed E-state index contributed by atoms with van der Waals surface area (Å²) in [5.41, 5.74) is 1.52. The molecule has 1 aromatic heterocycles. The maximum Gasteiger partial charge on any atom is 0.273 e. The van der Waals surface area contributed by atoms with E-state index in [2.05, 4.69) is 15.4 Å². The first kappa shape index (κ1) is 17.0. The van der Waals surface area contributed by atoms with Crippen LogP contribution in [0.1, 0.15) is 35.8 Å². The van der Waals surface area contributed by atoms with Gasteiger partial charge in [-0.05, 0) is 5.56 Å². The molecule has 0 unspecified atom stereocenters. The van der Waals surface area contributed by atoms with Crippen LogP contribution in [-0.4, -0.2) is 33.3 Å². The smallest absolute Gasteiger partial charge is 0.273 e. The lowest BCUT2D eigenvalue weighted by Crippen LogP contribution is -2.36. The Kier molecular flexibility index (Phi) is 4.99. The van der Waals surface area contributed by atoms with Crippen molar-refractivity contribution in [3.05, 3.63) is 47.0 Å². The third-order valence-electron chi connectivity index (χ3n) is 3.63. The maximum absolute atomic E-state index is 12.4. The van der Waals surface area contributed by atoms with Gasteiger partial charge in [0.1, 0.15) is 11.4 Å². The van der Waals surface area contributed by atoms with Gasteiger partial charge in [-0.1, -0.05) is 30.3 Å². The van der Waals surface area contributed by atoms with E-state index < -0.39 is 5.91 Å². The number of aromatic nitrogens is 1. The molecule has 1 aromatic carbocycles. The van der Waals surface area contributed by atoms with Crippen LogP contribution in [0, 0.1) is 0 Å². The first-order valence-corrected chi connectivity index (χ1v) is 8.60. The van der Waals surface area contributed by atoms with Crippen LogP contribution in [-0.2, 0) is 16.1 Å². The number of hydrazone groups is 1. The van der Waals surface area contributed by atoms with E-state index in [1.54, 1.807) is 5.38 Å². The van der Waals surface area contributed by atoms with Gasteiger partial charge < -0.3 is 0 Å². The molecule has 25 heavy (non-hydrogen) atoms. The summed E-state index contributed by atoms with van der Waals surface area (Å²) in [7, 11) is 0. The zero-order valence-electron chi connectivity index (χ0n) is 13.6. The molecule has 0 spiro atoms. The van der Waals surface area contributed by atoms with E-state index in [0.29, 0.717) is 17.4 Å². The molecule has 7 nitrogen and oxygen atoms in total. The van der Waals surface area contributed by atoms with E-state index >= 15 is 0 Å². The van der Waals surface area contributed by atoms with Gasteiger partial charge in [-0.2, -0.15) is 5.10 Å². The lowest BCUT2D eigenvalue weighted by molar-refractivity contribution is -0.132. The summed E-state index contributed by atoms with van der Waals surface area (Å²) >= 11 is 1.17. The molecule has 3 rings (SSSR count). The molecule has 1 aliphatic heterocycles. The molecular weight excluding hydrogens is 340 g/mol. The molecule has 128 valence electrons. The van der Waals surface area contributed by atoms with Gasteiger partial charge in [0.15, 0.2) is 10.9 Å². The van der Waals surface area contributed by atoms with Crippen LogP contribution in [0.15, 0.2) is 40.8 Å². The van der Waals surface area contributed by atoms with Crippen molar-refractivity contribution < 1.29 is 14.4 Å². The van der Waals surface area contributed by atoms with Gasteiger partial charge in [-0.15, -0.1) is 11.3 Å².